The third kappa shape index (κ3) is 2.13. The van der Waals surface area contributed by atoms with Crippen molar-refractivity contribution in [2.45, 2.75) is 0 Å². The molecule has 1 N–H and O–H groups in total. The Balaban J connectivity index is 1.99. The van der Waals surface area contributed by atoms with E-state index in [2.05, 4.69) is 5.32 Å². The molecule has 3 heteroatoms. The standard InChI is InChI=1S/C19H13NO2/c21-18-12-17(20-14-7-2-1-3-8-14)16-11-10-13-6-4-5-9-15(13)19(16)22-18/h1-12,20H. The summed E-state index contributed by atoms with van der Waals surface area (Å²) in [4.78, 5) is 11.9. The molecule has 0 fully saturated rings. The van der Waals surface area contributed by atoms with E-state index in [-0.39, 0.29) is 5.63 Å². The Morgan fingerprint density at radius 3 is 2.41 bits per heavy atom. The van der Waals surface area contributed by atoms with Crippen molar-refractivity contribution < 1.29 is 4.42 Å². The molecule has 3 nitrogen and oxygen atoms in total. The first kappa shape index (κ1) is 12.7. The van der Waals surface area contributed by atoms with Gasteiger partial charge in [0.25, 0.3) is 0 Å². The van der Waals surface area contributed by atoms with Gasteiger partial charge in [-0.25, -0.2) is 4.79 Å². The Hall–Kier alpha value is -3.07. The minimum atomic E-state index is -0.359. The number of benzene rings is 3. The van der Waals surface area contributed by atoms with E-state index < -0.39 is 0 Å². The van der Waals surface area contributed by atoms with Crippen molar-refractivity contribution in [3.05, 3.63) is 83.2 Å². The zero-order valence-electron chi connectivity index (χ0n) is 11.7. The van der Waals surface area contributed by atoms with Crippen LogP contribution in [0, 0.1) is 0 Å². The second-order valence-corrected chi connectivity index (χ2v) is 5.13. The minimum absolute atomic E-state index is 0.359. The lowest BCUT2D eigenvalue weighted by Gasteiger charge is -2.10. The van der Waals surface area contributed by atoms with Crippen molar-refractivity contribution in [3.8, 4) is 0 Å². The molecule has 1 aromatic heterocycles. The topological polar surface area (TPSA) is 42.2 Å². The zero-order valence-corrected chi connectivity index (χ0v) is 11.7. The minimum Gasteiger partial charge on any atom is -0.422 e. The highest BCUT2D eigenvalue weighted by Gasteiger charge is 2.09. The highest BCUT2D eigenvalue weighted by atomic mass is 16.4. The maximum absolute atomic E-state index is 11.9. The first-order valence-corrected chi connectivity index (χ1v) is 7.09. The van der Waals surface area contributed by atoms with Gasteiger partial charge in [0, 0.05) is 22.5 Å². The van der Waals surface area contributed by atoms with Gasteiger partial charge in [0.1, 0.15) is 5.58 Å². The number of fused-ring (bicyclic) bond motifs is 3. The van der Waals surface area contributed by atoms with Crippen LogP contribution in [0.4, 0.5) is 11.4 Å². The molecule has 0 bridgehead atoms. The van der Waals surface area contributed by atoms with Crippen LogP contribution in [0.3, 0.4) is 0 Å². The van der Waals surface area contributed by atoms with Crippen molar-refractivity contribution in [1.82, 2.24) is 0 Å². The van der Waals surface area contributed by atoms with Gasteiger partial charge >= 0.3 is 5.63 Å². The van der Waals surface area contributed by atoms with Crippen molar-refractivity contribution in [1.29, 1.82) is 0 Å². The molecule has 0 amide bonds. The van der Waals surface area contributed by atoms with Crippen LogP contribution in [0.2, 0.25) is 0 Å². The van der Waals surface area contributed by atoms with Gasteiger partial charge in [-0.15, -0.1) is 0 Å². The van der Waals surface area contributed by atoms with Gasteiger partial charge in [0.05, 0.1) is 5.69 Å². The normalized spacial score (nSPS) is 10.9. The Morgan fingerprint density at radius 1 is 0.773 bits per heavy atom. The number of rotatable bonds is 2. The van der Waals surface area contributed by atoms with Crippen molar-refractivity contribution >= 4 is 33.1 Å². The molecule has 4 rings (SSSR count). The monoisotopic (exact) mass is 287 g/mol. The molecule has 0 aliphatic carbocycles. The van der Waals surface area contributed by atoms with E-state index in [4.69, 9.17) is 4.42 Å². The van der Waals surface area contributed by atoms with Crippen molar-refractivity contribution in [3.63, 3.8) is 0 Å². The second-order valence-electron chi connectivity index (χ2n) is 5.13. The maximum Gasteiger partial charge on any atom is 0.338 e. The van der Waals surface area contributed by atoms with Gasteiger partial charge in [-0.2, -0.15) is 0 Å². The predicted molar refractivity (Wildman–Crippen MR) is 89.7 cm³/mol. The van der Waals surface area contributed by atoms with Crippen LogP contribution in [-0.4, -0.2) is 0 Å². The van der Waals surface area contributed by atoms with Crippen LogP contribution < -0.4 is 10.9 Å². The van der Waals surface area contributed by atoms with Gasteiger partial charge in [-0.3, -0.25) is 0 Å². The van der Waals surface area contributed by atoms with Gasteiger partial charge in [-0.05, 0) is 23.6 Å². The highest BCUT2D eigenvalue weighted by Crippen LogP contribution is 2.30. The molecule has 0 saturated carbocycles. The molecular weight excluding hydrogens is 274 g/mol. The van der Waals surface area contributed by atoms with Crippen LogP contribution in [-0.2, 0) is 0 Å². The first-order chi connectivity index (χ1) is 10.8. The molecule has 106 valence electrons. The van der Waals surface area contributed by atoms with Crippen LogP contribution >= 0.6 is 0 Å². The van der Waals surface area contributed by atoms with Crippen molar-refractivity contribution in [2.24, 2.45) is 0 Å². The van der Waals surface area contributed by atoms with Gasteiger partial charge in [0.2, 0.25) is 0 Å². The average molecular weight is 287 g/mol. The Kier molecular flexibility index (Phi) is 2.90. The second kappa shape index (κ2) is 5.04. The number of hydrogen-bond donors (Lipinski definition) is 1. The van der Waals surface area contributed by atoms with E-state index in [0.717, 1.165) is 27.5 Å². The van der Waals surface area contributed by atoms with E-state index in [9.17, 15) is 4.79 Å². The van der Waals surface area contributed by atoms with Gasteiger partial charge in [0.15, 0.2) is 0 Å². The fourth-order valence-corrected chi connectivity index (χ4v) is 2.67. The summed E-state index contributed by atoms with van der Waals surface area (Å²) in [7, 11) is 0. The summed E-state index contributed by atoms with van der Waals surface area (Å²) in [6.45, 7) is 0. The molecule has 1 heterocycles. The van der Waals surface area contributed by atoms with Crippen LogP contribution in [0.25, 0.3) is 21.7 Å². The van der Waals surface area contributed by atoms with E-state index >= 15 is 0 Å². The summed E-state index contributed by atoms with van der Waals surface area (Å²) in [6, 6.07) is 23.2. The molecular formula is C19H13NO2. The number of nitrogens with one attached hydrogen (secondary N) is 1. The number of anilines is 2. The summed E-state index contributed by atoms with van der Waals surface area (Å²) in [5.41, 5.74) is 1.94. The van der Waals surface area contributed by atoms with E-state index in [1.807, 2.05) is 66.7 Å². The fourth-order valence-electron chi connectivity index (χ4n) is 2.67. The van der Waals surface area contributed by atoms with Crippen LogP contribution in [0.5, 0.6) is 0 Å². The quantitative estimate of drug-likeness (QED) is 0.429. The number of para-hydroxylation sites is 1. The SMILES string of the molecule is O=c1cc(Nc2ccccc2)c2ccc3ccccc3c2o1. The van der Waals surface area contributed by atoms with E-state index in [1.54, 1.807) is 0 Å². The smallest absolute Gasteiger partial charge is 0.338 e. The molecule has 3 aromatic carbocycles. The third-order valence-electron chi connectivity index (χ3n) is 3.69. The molecule has 0 spiro atoms. The van der Waals surface area contributed by atoms with Gasteiger partial charge in [-0.1, -0.05) is 48.5 Å². The summed E-state index contributed by atoms with van der Waals surface area (Å²) in [5, 5.41) is 6.17. The van der Waals surface area contributed by atoms with Crippen LogP contribution in [0.1, 0.15) is 0 Å². The fraction of sp³-hybridized carbons (Fsp3) is 0. The summed E-state index contributed by atoms with van der Waals surface area (Å²) >= 11 is 0. The molecule has 22 heavy (non-hydrogen) atoms. The summed E-state index contributed by atoms with van der Waals surface area (Å²) in [5.74, 6) is 0. The molecule has 0 unspecified atom stereocenters. The Morgan fingerprint density at radius 2 is 1.55 bits per heavy atom. The van der Waals surface area contributed by atoms with E-state index in [0.29, 0.717) is 5.58 Å². The lowest BCUT2D eigenvalue weighted by Crippen LogP contribution is -2.01. The third-order valence-corrected chi connectivity index (χ3v) is 3.69. The molecule has 0 atom stereocenters. The summed E-state index contributed by atoms with van der Waals surface area (Å²) < 4.78 is 5.46. The predicted octanol–water partition coefficient (Wildman–Crippen LogP) is 4.69. The Labute approximate surface area is 126 Å². The van der Waals surface area contributed by atoms with Gasteiger partial charge < -0.3 is 9.73 Å². The van der Waals surface area contributed by atoms with Crippen LogP contribution in [0.15, 0.2) is 82.0 Å². The summed E-state index contributed by atoms with van der Waals surface area (Å²) in [6.07, 6.45) is 0. The number of hydrogen-bond acceptors (Lipinski definition) is 3. The molecule has 4 aromatic rings. The Bertz CT molecular complexity index is 1020. The van der Waals surface area contributed by atoms with E-state index in [1.165, 1.54) is 6.07 Å². The average Bonchev–Trinajstić information content (AvgIpc) is 2.55. The molecule has 0 saturated heterocycles. The molecule has 0 radical (unpaired) electrons. The largest absolute Gasteiger partial charge is 0.422 e. The molecule has 0 aliphatic heterocycles. The van der Waals surface area contributed by atoms with Crippen molar-refractivity contribution in [2.75, 3.05) is 5.32 Å². The lowest BCUT2D eigenvalue weighted by atomic mass is 10.1. The first-order valence-electron chi connectivity index (χ1n) is 7.09. The maximum atomic E-state index is 11.9. The lowest BCUT2D eigenvalue weighted by molar-refractivity contribution is 0.565. The molecule has 0 aliphatic rings. The zero-order chi connectivity index (χ0) is 14.9. The highest BCUT2D eigenvalue weighted by molar-refractivity contribution is 6.08.